The fourth-order valence-electron chi connectivity index (χ4n) is 2.26. The number of halogens is 1. The van der Waals surface area contributed by atoms with Crippen LogP contribution >= 0.6 is 11.3 Å². The lowest BCUT2D eigenvalue weighted by atomic mass is 10.1. The Balaban J connectivity index is 1.63. The molecule has 2 heterocycles. The van der Waals surface area contributed by atoms with Gasteiger partial charge in [0.2, 0.25) is 5.91 Å². The van der Waals surface area contributed by atoms with Gasteiger partial charge in [-0.25, -0.2) is 14.4 Å². The zero-order chi connectivity index (χ0) is 17.1. The van der Waals surface area contributed by atoms with Crippen molar-refractivity contribution < 1.29 is 14.0 Å². The lowest BCUT2D eigenvalue weighted by molar-refractivity contribution is -0.130. The molecule has 1 aromatic carbocycles. The van der Waals surface area contributed by atoms with Gasteiger partial charge in [-0.3, -0.25) is 14.9 Å². The van der Waals surface area contributed by atoms with E-state index in [9.17, 15) is 14.0 Å². The largest absolute Gasteiger partial charge is 0.297 e. The summed E-state index contributed by atoms with van der Waals surface area (Å²) in [7, 11) is 1.53. The SMILES string of the molecule is CN1N=C(C(=O)Nc2nc(Cc3ccc(F)cc3)cs2)CCC1=O. The maximum absolute atomic E-state index is 12.9. The first kappa shape index (κ1) is 16.3. The minimum atomic E-state index is -0.350. The Labute approximate surface area is 142 Å². The van der Waals surface area contributed by atoms with Crippen molar-refractivity contribution in [2.24, 2.45) is 5.10 Å². The highest BCUT2D eigenvalue weighted by atomic mass is 32.1. The van der Waals surface area contributed by atoms with Crippen molar-refractivity contribution in [1.82, 2.24) is 9.99 Å². The van der Waals surface area contributed by atoms with E-state index in [0.29, 0.717) is 23.7 Å². The zero-order valence-corrected chi connectivity index (χ0v) is 13.8. The number of benzene rings is 1. The first-order valence-corrected chi connectivity index (χ1v) is 8.23. The van der Waals surface area contributed by atoms with Crippen LogP contribution in [0.3, 0.4) is 0 Å². The highest BCUT2D eigenvalue weighted by Crippen LogP contribution is 2.19. The number of nitrogens with one attached hydrogen (secondary N) is 1. The Hall–Kier alpha value is -2.61. The van der Waals surface area contributed by atoms with Crippen molar-refractivity contribution >= 4 is 34.0 Å². The van der Waals surface area contributed by atoms with Crippen LogP contribution in [0.25, 0.3) is 0 Å². The summed E-state index contributed by atoms with van der Waals surface area (Å²) in [5.41, 5.74) is 2.04. The Morgan fingerprint density at radius 1 is 1.33 bits per heavy atom. The second kappa shape index (κ2) is 6.88. The van der Waals surface area contributed by atoms with Gasteiger partial charge in [-0.15, -0.1) is 11.3 Å². The first-order valence-electron chi connectivity index (χ1n) is 7.35. The van der Waals surface area contributed by atoms with Gasteiger partial charge in [0.25, 0.3) is 5.91 Å². The van der Waals surface area contributed by atoms with E-state index in [4.69, 9.17) is 0 Å². The van der Waals surface area contributed by atoms with Gasteiger partial charge >= 0.3 is 0 Å². The number of nitrogens with zero attached hydrogens (tertiary/aromatic N) is 3. The van der Waals surface area contributed by atoms with Gasteiger partial charge in [-0.1, -0.05) is 12.1 Å². The second-order valence-electron chi connectivity index (χ2n) is 5.37. The third-order valence-electron chi connectivity index (χ3n) is 3.54. The molecule has 0 atom stereocenters. The summed E-state index contributed by atoms with van der Waals surface area (Å²) in [6.07, 6.45) is 1.16. The molecule has 124 valence electrons. The summed E-state index contributed by atoms with van der Waals surface area (Å²) in [4.78, 5) is 27.9. The molecule has 1 N–H and O–H groups in total. The Morgan fingerprint density at radius 2 is 2.08 bits per heavy atom. The highest BCUT2D eigenvalue weighted by molar-refractivity contribution is 7.14. The zero-order valence-electron chi connectivity index (χ0n) is 13.0. The van der Waals surface area contributed by atoms with Gasteiger partial charge in [0.05, 0.1) is 5.69 Å². The molecule has 1 aliphatic rings. The van der Waals surface area contributed by atoms with Gasteiger partial charge in [-0.05, 0) is 17.7 Å². The number of thiazole rings is 1. The number of anilines is 1. The maximum Gasteiger partial charge on any atom is 0.273 e. The predicted molar refractivity (Wildman–Crippen MR) is 89.4 cm³/mol. The average molecular weight is 346 g/mol. The van der Waals surface area contributed by atoms with Crippen LogP contribution in [0.1, 0.15) is 24.1 Å². The highest BCUT2D eigenvalue weighted by Gasteiger charge is 2.22. The summed E-state index contributed by atoms with van der Waals surface area (Å²) in [5, 5.41) is 10.2. The average Bonchev–Trinajstić information content (AvgIpc) is 2.99. The molecule has 24 heavy (non-hydrogen) atoms. The van der Waals surface area contributed by atoms with E-state index in [1.807, 2.05) is 5.38 Å². The van der Waals surface area contributed by atoms with E-state index in [0.717, 1.165) is 11.3 Å². The standard InChI is InChI=1S/C16H15FN4O2S/c1-21-14(22)7-6-13(20-21)15(23)19-16-18-12(9-24-16)8-10-2-4-11(17)5-3-10/h2-5,9H,6-8H2,1H3,(H,18,19,23). The molecule has 8 heteroatoms. The minimum Gasteiger partial charge on any atom is -0.297 e. The van der Waals surface area contributed by atoms with Crippen LogP contribution in [-0.4, -0.2) is 34.6 Å². The van der Waals surface area contributed by atoms with Crippen LogP contribution in [0.2, 0.25) is 0 Å². The van der Waals surface area contributed by atoms with Crippen molar-refractivity contribution in [3.05, 3.63) is 46.7 Å². The molecule has 0 saturated carbocycles. The summed E-state index contributed by atoms with van der Waals surface area (Å²) >= 11 is 1.31. The number of hydrogen-bond acceptors (Lipinski definition) is 5. The number of hydrogen-bond donors (Lipinski definition) is 1. The van der Waals surface area contributed by atoms with Crippen molar-refractivity contribution in [1.29, 1.82) is 0 Å². The lowest BCUT2D eigenvalue weighted by Gasteiger charge is -2.18. The van der Waals surface area contributed by atoms with Crippen LogP contribution in [-0.2, 0) is 16.0 Å². The lowest BCUT2D eigenvalue weighted by Crippen LogP contribution is -2.34. The number of carbonyl (C=O) groups excluding carboxylic acids is 2. The second-order valence-corrected chi connectivity index (χ2v) is 6.22. The molecule has 1 aromatic heterocycles. The van der Waals surface area contributed by atoms with E-state index in [1.165, 1.54) is 35.5 Å². The predicted octanol–water partition coefficient (Wildman–Crippen LogP) is 2.42. The molecule has 2 amide bonds. The summed E-state index contributed by atoms with van der Waals surface area (Å²) < 4.78 is 12.9. The van der Waals surface area contributed by atoms with Crippen molar-refractivity contribution in [2.45, 2.75) is 19.3 Å². The summed E-state index contributed by atoms with van der Waals surface area (Å²) in [6, 6.07) is 6.22. The number of carbonyl (C=O) groups is 2. The van der Waals surface area contributed by atoms with Crippen LogP contribution in [0, 0.1) is 5.82 Å². The van der Waals surface area contributed by atoms with Gasteiger partial charge in [0.1, 0.15) is 11.5 Å². The molecule has 0 unspecified atom stereocenters. The van der Waals surface area contributed by atoms with Gasteiger partial charge < -0.3 is 0 Å². The summed E-state index contributed by atoms with van der Waals surface area (Å²) in [5.74, 6) is -0.735. The molecule has 0 fully saturated rings. The van der Waals surface area contributed by atoms with Crippen LogP contribution < -0.4 is 5.32 Å². The molecular weight excluding hydrogens is 331 g/mol. The molecule has 1 aliphatic heterocycles. The molecule has 6 nitrogen and oxygen atoms in total. The van der Waals surface area contributed by atoms with Crippen LogP contribution in [0.5, 0.6) is 0 Å². The topological polar surface area (TPSA) is 74.7 Å². The normalized spacial score (nSPS) is 14.5. The molecule has 2 aromatic rings. The monoisotopic (exact) mass is 346 g/mol. The fraction of sp³-hybridized carbons (Fsp3) is 0.250. The van der Waals surface area contributed by atoms with E-state index < -0.39 is 0 Å². The van der Waals surface area contributed by atoms with E-state index in [-0.39, 0.29) is 24.1 Å². The number of rotatable bonds is 4. The molecule has 3 rings (SSSR count). The van der Waals surface area contributed by atoms with Crippen LogP contribution in [0.4, 0.5) is 9.52 Å². The molecule has 0 aliphatic carbocycles. The van der Waals surface area contributed by atoms with E-state index in [1.54, 1.807) is 12.1 Å². The van der Waals surface area contributed by atoms with E-state index >= 15 is 0 Å². The van der Waals surface area contributed by atoms with Crippen molar-refractivity contribution in [3.8, 4) is 0 Å². The minimum absolute atomic E-state index is 0.109. The molecule has 0 bridgehead atoms. The maximum atomic E-state index is 12.9. The number of amides is 2. The first-order chi connectivity index (χ1) is 11.5. The number of hydrazone groups is 1. The van der Waals surface area contributed by atoms with Gasteiger partial charge in [0.15, 0.2) is 5.13 Å². The van der Waals surface area contributed by atoms with Crippen LogP contribution in [0.15, 0.2) is 34.7 Å². The smallest absolute Gasteiger partial charge is 0.273 e. The Morgan fingerprint density at radius 3 is 2.79 bits per heavy atom. The quantitative estimate of drug-likeness (QED) is 0.924. The molecular formula is C16H15FN4O2S. The third kappa shape index (κ3) is 3.83. The van der Waals surface area contributed by atoms with Crippen molar-refractivity contribution in [2.75, 3.05) is 12.4 Å². The van der Waals surface area contributed by atoms with Crippen molar-refractivity contribution in [3.63, 3.8) is 0 Å². The Bertz CT molecular complexity index is 801. The number of aromatic nitrogens is 1. The molecule has 0 saturated heterocycles. The third-order valence-corrected chi connectivity index (χ3v) is 4.35. The molecule has 0 spiro atoms. The summed E-state index contributed by atoms with van der Waals surface area (Å²) in [6.45, 7) is 0. The molecule has 0 radical (unpaired) electrons. The fourth-order valence-corrected chi connectivity index (χ4v) is 2.96. The van der Waals surface area contributed by atoms with Gasteiger partial charge in [0, 0.05) is 31.7 Å². The van der Waals surface area contributed by atoms with Gasteiger partial charge in [-0.2, -0.15) is 5.10 Å². The van der Waals surface area contributed by atoms with E-state index in [2.05, 4.69) is 15.4 Å². The Kier molecular flexibility index (Phi) is 4.66.